The summed E-state index contributed by atoms with van der Waals surface area (Å²) >= 11 is 3.56. The van der Waals surface area contributed by atoms with Gasteiger partial charge in [0.05, 0.1) is 17.2 Å². The molecule has 0 unspecified atom stereocenters. The summed E-state index contributed by atoms with van der Waals surface area (Å²) in [6.45, 7) is 2.90. The molecule has 0 radical (unpaired) electrons. The van der Waals surface area contributed by atoms with Crippen LogP contribution in [0.3, 0.4) is 0 Å². The Balaban J connectivity index is 1.51. The molecule has 1 saturated heterocycles. The van der Waals surface area contributed by atoms with Crippen LogP contribution < -0.4 is 14.8 Å². The number of ether oxygens (including phenoxy) is 2. The van der Waals surface area contributed by atoms with Gasteiger partial charge in [0.1, 0.15) is 6.61 Å². The second-order valence-corrected chi connectivity index (χ2v) is 9.15. The molecule has 0 aliphatic carbocycles. The molecule has 1 heterocycles. The van der Waals surface area contributed by atoms with Gasteiger partial charge in [-0.05, 0) is 88.8 Å². The lowest BCUT2D eigenvalue weighted by molar-refractivity contribution is -0.115. The quantitative estimate of drug-likeness (QED) is 0.280. The molecule has 0 saturated carbocycles. The van der Waals surface area contributed by atoms with Crippen molar-refractivity contribution < 1.29 is 14.3 Å². The van der Waals surface area contributed by atoms with Gasteiger partial charge in [-0.15, -0.1) is 0 Å². The molecule has 0 spiro atoms. The van der Waals surface area contributed by atoms with Crippen molar-refractivity contribution in [1.82, 2.24) is 5.32 Å². The number of hydrogen-bond acceptors (Lipinski definition) is 5. The number of halogens is 1. The molecule has 162 valence electrons. The molecular weight excluding hydrogens is 535 g/mol. The minimum Gasteiger partial charge on any atom is -0.490 e. The lowest BCUT2D eigenvalue weighted by Crippen LogP contribution is -2.19. The lowest BCUT2D eigenvalue weighted by Gasteiger charge is -2.13. The minimum atomic E-state index is -0.165. The van der Waals surface area contributed by atoms with Crippen molar-refractivity contribution in [3.63, 3.8) is 0 Å². The molecule has 1 N–H and O–H groups in total. The van der Waals surface area contributed by atoms with Crippen molar-refractivity contribution in [3.05, 3.63) is 92.4 Å². The van der Waals surface area contributed by atoms with E-state index in [9.17, 15) is 4.79 Å². The van der Waals surface area contributed by atoms with E-state index < -0.39 is 0 Å². The van der Waals surface area contributed by atoms with Crippen LogP contribution in [0.1, 0.15) is 18.1 Å². The zero-order valence-corrected chi connectivity index (χ0v) is 20.4. The van der Waals surface area contributed by atoms with E-state index in [1.807, 2.05) is 85.8 Å². The SMILES string of the molecule is CCOc1cc(/C=C2/SC(=Nc3cccc(I)c3)NC2=O)ccc1OCc1ccccc1. The van der Waals surface area contributed by atoms with Crippen molar-refractivity contribution >= 4 is 57.2 Å². The zero-order valence-electron chi connectivity index (χ0n) is 17.4. The Morgan fingerprint density at radius 1 is 1.00 bits per heavy atom. The van der Waals surface area contributed by atoms with Gasteiger partial charge in [0.2, 0.25) is 0 Å². The molecule has 1 amide bonds. The zero-order chi connectivity index (χ0) is 22.3. The Labute approximate surface area is 205 Å². The number of carbonyl (C=O) groups excluding carboxylic acids is 1. The first-order valence-electron chi connectivity index (χ1n) is 10.1. The van der Waals surface area contributed by atoms with Crippen LogP contribution in [0.4, 0.5) is 5.69 Å². The summed E-state index contributed by atoms with van der Waals surface area (Å²) in [4.78, 5) is 17.6. The predicted molar refractivity (Wildman–Crippen MR) is 138 cm³/mol. The summed E-state index contributed by atoms with van der Waals surface area (Å²) in [7, 11) is 0. The molecule has 32 heavy (non-hydrogen) atoms. The number of carbonyl (C=O) groups is 1. The van der Waals surface area contributed by atoms with E-state index in [4.69, 9.17) is 9.47 Å². The molecule has 1 aliphatic heterocycles. The summed E-state index contributed by atoms with van der Waals surface area (Å²) in [5.74, 6) is 1.15. The van der Waals surface area contributed by atoms with Crippen LogP contribution in [-0.2, 0) is 11.4 Å². The molecule has 0 aromatic heterocycles. The Bertz CT molecular complexity index is 1180. The Kier molecular flexibility index (Phi) is 7.49. The van der Waals surface area contributed by atoms with Crippen LogP contribution in [0, 0.1) is 3.57 Å². The van der Waals surface area contributed by atoms with E-state index in [2.05, 4.69) is 32.9 Å². The Morgan fingerprint density at radius 3 is 2.62 bits per heavy atom. The third kappa shape index (κ3) is 5.92. The molecule has 1 fully saturated rings. The summed E-state index contributed by atoms with van der Waals surface area (Å²) in [5.41, 5.74) is 2.74. The summed E-state index contributed by atoms with van der Waals surface area (Å²) in [5, 5.41) is 3.39. The number of rotatable bonds is 7. The number of amidine groups is 1. The van der Waals surface area contributed by atoms with Gasteiger partial charge in [0.15, 0.2) is 16.7 Å². The third-order valence-electron chi connectivity index (χ3n) is 4.49. The van der Waals surface area contributed by atoms with Crippen molar-refractivity contribution in [2.45, 2.75) is 13.5 Å². The summed E-state index contributed by atoms with van der Waals surface area (Å²) < 4.78 is 12.8. The maximum absolute atomic E-state index is 12.4. The van der Waals surface area contributed by atoms with Gasteiger partial charge >= 0.3 is 0 Å². The van der Waals surface area contributed by atoms with E-state index >= 15 is 0 Å². The number of aliphatic imine (C=N–C) groups is 1. The normalized spacial score (nSPS) is 15.8. The summed E-state index contributed by atoms with van der Waals surface area (Å²) in [6, 6.07) is 23.5. The predicted octanol–water partition coefficient (Wildman–Crippen LogP) is 6.16. The van der Waals surface area contributed by atoms with Crippen LogP contribution in [0.25, 0.3) is 6.08 Å². The van der Waals surface area contributed by atoms with Gasteiger partial charge in [-0.1, -0.05) is 42.5 Å². The average Bonchev–Trinajstić information content (AvgIpc) is 3.12. The van der Waals surface area contributed by atoms with Gasteiger partial charge in [-0.3, -0.25) is 4.79 Å². The topological polar surface area (TPSA) is 59.9 Å². The number of benzene rings is 3. The van der Waals surface area contributed by atoms with Gasteiger partial charge < -0.3 is 14.8 Å². The van der Waals surface area contributed by atoms with Gasteiger partial charge in [-0.2, -0.15) is 0 Å². The van der Waals surface area contributed by atoms with Crippen molar-refractivity contribution in [1.29, 1.82) is 0 Å². The fraction of sp³-hybridized carbons (Fsp3) is 0.120. The number of nitrogens with one attached hydrogen (secondary N) is 1. The fourth-order valence-corrected chi connectivity index (χ4v) is 4.40. The monoisotopic (exact) mass is 556 g/mol. The van der Waals surface area contributed by atoms with Crippen molar-refractivity contribution in [2.75, 3.05) is 6.61 Å². The number of hydrogen-bond donors (Lipinski definition) is 1. The highest BCUT2D eigenvalue weighted by atomic mass is 127. The molecule has 3 aromatic carbocycles. The van der Waals surface area contributed by atoms with Gasteiger partial charge in [0, 0.05) is 3.57 Å². The van der Waals surface area contributed by atoms with E-state index in [-0.39, 0.29) is 5.91 Å². The smallest absolute Gasteiger partial charge is 0.264 e. The van der Waals surface area contributed by atoms with Crippen LogP contribution in [0.5, 0.6) is 11.5 Å². The van der Waals surface area contributed by atoms with Crippen LogP contribution in [0.2, 0.25) is 0 Å². The van der Waals surface area contributed by atoms with E-state index in [1.165, 1.54) is 11.8 Å². The lowest BCUT2D eigenvalue weighted by atomic mass is 10.2. The second-order valence-electron chi connectivity index (χ2n) is 6.88. The average molecular weight is 556 g/mol. The molecule has 0 bridgehead atoms. The molecule has 1 aliphatic rings. The molecular formula is C25H21IN2O3S. The molecule has 3 aromatic rings. The van der Waals surface area contributed by atoms with Crippen LogP contribution >= 0.6 is 34.4 Å². The maximum Gasteiger partial charge on any atom is 0.264 e. The molecule has 5 nitrogen and oxygen atoms in total. The van der Waals surface area contributed by atoms with Gasteiger partial charge in [-0.25, -0.2) is 4.99 Å². The van der Waals surface area contributed by atoms with Crippen molar-refractivity contribution in [3.8, 4) is 11.5 Å². The maximum atomic E-state index is 12.4. The first-order chi connectivity index (χ1) is 15.6. The molecule has 0 atom stereocenters. The second kappa shape index (κ2) is 10.7. The molecule has 7 heteroatoms. The standard InChI is InChI=1S/C25H21IN2O3S/c1-2-30-22-13-18(11-12-21(22)31-16-17-7-4-3-5-8-17)14-23-24(29)28-25(32-23)27-20-10-6-9-19(26)15-20/h3-15H,2,16H2,1H3,(H,27,28,29)/b23-14+. The first-order valence-corrected chi connectivity index (χ1v) is 12.0. The Hall–Kier alpha value is -2.78. The minimum absolute atomic E-state index is 0.165. The summed E-state index contributed by atoms with van der Waals surface area (Å²) in [6.07, 6.45) is 1.83. The van der Waals surface area contributed by atoms with Crippen LogP contribution in [0.15, 0.2) is 82.7 Å². The van der Waals surface area contributed by atoms with Gasteiger partial charge in [0.25, 0.3) is 5.91 Å². The van der Waals surface area contributed by atoms with E-state index in [0.717, 1.165) is 20.4 Å². The largest absolute Gasteiger partial charge is 0.490 e. The highest BCUT2D eigenvalue weighted by Gasteiger charge is 2.24. The van der Waals surface area contributed by atoms with E-state index in [1.54, 1.807) is 0 Å². The van der Waals surface area contributed by atoms with Crippen LogP contribution in [-0.4, -0.2) is 17.7 Å². The molecule has 4 rings (SSSR count). The Morgan fingerprint density at radius 2 is 1.84 bits per heavy atom. The van der Waals surface area contributed by atoms with Crippen molar-refractivity contribution in [2.24, 2.45) is 4.99 Å². The number of nitrogens with zero attached hydrogens (tertiary/aromatic N) is 1. The highest BCUT2D eigenvalue weighted by Crippen LogP contribution is 2.33. The number of thioether (sulfide) groups is 1. The van der Waals surface area contributed by atoms with E-state index in [0.29, 0.717) is 34.8 Å². The fourth-order valence-electron chi connectivity index (χ4n) is 3.03. The highest BCUT2D eigenvalue weighted by molar-refractivity contribution is 14.1. The third-order valence-corrected chi connectivity index (χ3v) is 6.07. The number of amides is 1. The first kappa shape index (κ1) is 22.4.